The summed E-state index contributed by atoms with van der Waals surface area (Å²) < 4.78 is 5.39. The van der Waals surface area contributed by atoms with E-state index in [4.69, 9.17) is 16.3 Å². The van der Waals surface area contributed by atoms with Gasteiger partial charge in [-0.2, -0.15) is 0 Å². The van der Waals surface area contributed by atoms with Gasteiger partial charge in [0, 0.05) is 11.8 Å². The smallest absolute Gasteiger partial charge is 0.408 e. The number of hydrogen-bond donors (Lipinski definition) is 2. The highest BCUT2D eigenvalue weighted by molar-refractivity contribution is 6.31. The van der Waals surface area contributed by atoms with E-state index in [1.807, 2.05) is 45.0 Å². The number of aromatic nitrogens is 1. The molecular weight excluding hydrogens is 426 g/mol. The SMILES string of the molecule is C=CCC(NC(=O)OC(C)(C)C)c1cccc(-c2ncc(Cl)cc2NC(=O)C(C)C=C)c1. The van der Waals surface area contributed by atoms with Crippen molar-refractivity contribution >= 4 is 29.3 Å². The Labute approximate surface area is 194 Å². The largest absolute Gasteiger partial charge is 0.444 e. The van der Waals surface area contributed by atoms with Crippen molar-refractivity contribution in [1.82, 2.24) is 10.3 Å². The number of benzene rings is 1. The summed E-state index contributed by atoms with van der Waals surface area (Å²) in [6, 6.07) is 8.88. The Balaban J connectivity index is 2.39. The fourth-order valence-electron chi connectivity index (χ4n) is 2.92. The fourth-order valence-corrected chi connectivity index (χ4v) is 3.07. The third-order valence-corrected chi connectivity index (χ3v) is 4.74. The molecule has 1 aromatic carbocycles. The molecule has 0 bridgehead atoms. The number of carbonyl (C=O) groups excluding carboxylic acids is 2. The van der Waals surface area contributed by atoms with Crippen molar-refractivity contribution in [2.45, 2.75) is 45.8 Å². The van der Waals surface area contributed by atoms with Gasteiger partial charge < -0.3 is 15.4 Å². The molecule has 32 heavy (non-hydrogen) atoms. The first-order valence-electron chi connectivity index (χ1n) is 10.3. The van der Waals surface area contributed by atoms with Crippen LogP contribution in [-0.4, -0.2) is 22.6 Å². The Bertz CT molecular complexity index is 998. The molecule has 2 unspecified atom stereocenters. The summed E-state index contributed by atoms with van der Waals surface area (Å²) in [5, 5.41) is 6.17. The number of nitrogens with one attached hydrogen (secondary N) is 2. The highest BCUT2D eigenvalue weighted by Crippen LogP contribution is 2.31. The molecule has 0 saturated heterocycles. The standard InChI is InChI=1S/C25H30ClN3O3/c1-7-10-20(29-24(31)32-25(4,5)6)17-11-9-12-18(13-17)22-21(14-19(26)15-27-22)28-23(30)16(3)8-2/h7-9,11-16,20H,1-2,10H2,3-6H3,(H,28,30)(H,29,31). The van der Waals surface area contributed by atoms with Crippen LogP contribution in [0.3, 0.4) is 0 Å². The normalized spacial score (nSPS) is 12.9. The maximum Gasteiger partial charge on any atom is 0.408 e. The maximum absolute atomic E-state index is 12.4. The summed E-state index contributed by atoms with van der Waals surface area (Å²) in [4.78, 5) is 29.2. The van der Waals surface area contributed by atoms with Gasteiger partial charge in [0.1, 0.15) is 5.60 Å². The lowest BCUT2D eigenvalue weighted by molar-refractivity contribution is -0.118. The van der Waals surface area contributed by atoms with Gasteiger partial charge in [-0.15, -0.1) is 13.2 Å². The van der Waals surface area contributed by atoms with E-state index in [0.717, 1.165) is 11.1 Å². The van der Waals surface area contributed by atoms with E-state index >= 15 is 0 Å². The summed E-state index contributed by atoms with van der Waals surface area (Å²) in [6.45, 7) is 14.6. The minimum atomic E-state index is -0.604. The number of halogens is 1. The van der Waals surface area contributed by atoms with E-state index in [9.17, 15) is 9.59 Å². The Kier molecular flexibility index (Phi) is 8.61. The molecule has 0 radical (unpaired) electrons. The van der Waals surface area contributed by atoms with Crippen LogP contribution < -0.4 is 10.6 Å². The predicted octanol–water partition coefficient (Wildman–Crippen LogP) is 6.30. The van der Waals surface area contributed by atoms with Gasteiger partial charge in [0.15, 0.2) is 0 Å². The van der Waals surface area contributed by atoms with Gasteiger partial charge in [-0.05, 0) is 44.9 Å². The van der Waals surface area contributed by atoms with Gasteiger partial charge in [-0.25, -0.2) is 4.79 Å². The van der Waals surface area contributed by atoms with Crippen molar-refractivity contribution in [1.29, 1.82) is 0 Å². The highest BCUT2D eigenvalue weighted by atomic mass is 35.5. The number of hydrogen-bond acceptors (Lipinski definition) is 4. The lowest BCUT2D eigenvalue weighted by Crippen LogP contribution is -2.34. The van der Waals surface area contributed by atoms with E-state index in [0.29, 0.717) is 22.8 Å². The molecule has 2 amide bonds. The van der Waals surface area contributed by atoms with Crippen LogP contribution in [0.5, 0.6) is 0 Å². The van der Waals surface area contributed by atoms with Gasteiger partial charge in [0.2, 0.25) is 5.91 Å². The van der Waals surface area contributed by atoms with Crippen LogP contribution in [0.2, 0.25) is 5.02 Å². The molecule has 2 rings (SSSR count). The number of rotatable bonds is 8. The zero-order chi connectivity index (χ0) is 23.9. The topological polar surface area (TPSA) is 80.3 Å². The first kappa shape index (κ1) is 25.1. The molecule has 0 aliphatic heterocycles. The van der Waals surface area contributed by atoms with Crippen LogP contribution in [0.15, 0.2) is 61.8 Å². The van der Waals surface area contributed by atoms with Crippen LogP contribution in [-0.2, 0) is 9.53 Å². The lowest BCUT2D eigenvalue weighted by atomic mass is 9.99. The van der Waals surface area contributed by atoms with Crippen molar-refractivity contribution in [2.24, 2.45) is 5.92 Å². The molecule has 0 saturated carbocycles. The van der Waals surface area contributed by atoms with Crippen molar-refractivity contribution < 1.29 is 14.3 Å². The van der Waals surface area contributed by atoms with E-state index < -0.39 is 11.7 Å². The fraction of sp³-hybridized carbons (Fsp3) is 0.320. The van der Waals surface area contributed by atoms with Crippen LogP contribution in [0.25, 0.3) is 11.3 Å². The molecule has 2 aromatic rings. The average Bonchev–Trinajstić information content (AvgIpc) is 2.71. The van der Waals surface area contributed by atoms with Crippen molar-refractivity contribution in [3.63, 3.8) is 0 Å². The molecule has 0 aliphatic carbocycles. The highest BCUT2D eigenvalue weighted by Gasteiger charge is 2.21. The zero-order valence-corrected chi connectivity index (χ0v) is 19.7. The summed E-state index contributed by atoms with van der Waals surface area (Å²) in [5.41, 5.74) is 2.07. The zero-order valence-electron chi connectivity index (χ0n) is 18.9. The Morgan fingerprint density at radius 3 is 2.59 bits per heavy atom. The first-order valence-corrected chi connectivity index (χ1v) is 10.7. The predicted molar refractivity (Wildman–Crippen MR) is 130 cm³/mol. The second kappa shape index (κ2) is 11.0. The third-order valence-electron chi connectivity index (χ3n) is 4.54. The number of carbonyl (C=O) groups is 2. The van der Waals surface area contributed by atoms with E-state index in [1.54, 1.807) is 25.1 Å². The number of amides is 2. The second-order valence-electron chi connectivity index (χ2n) is 8.41. The van der Waals surface area contributed by atoms with Crippen molar-refractivity contribution in [2.75, 3.05) is 5.32 Å². The molecule has 2 N–H and O–H groups in total. The quantitative estimate of drug-likeness (QED) is 0.457. The maximum atomic E-state index is 12.4. The second-order valence-corrected chi connectivity index (χ2v) is 8.85. The molecule has 170 valence electrons. The number of ether oxygens (including phenoxy) is 1. The summed E-state index contributed by atoms with van der Waals surface area (Å²) >= 11 is 6.13. The molecule has 0 spiro atoms. The lowest BCUT2D eigenvalue weighted by Gasteiger charge is -2.23. The molecule has 7 heteroatoms. The van der Waals surface area contributed by atoms with Gasteiger partial charge in [-0.3, -0.25) is 9.78 Å². The molecule has 0 fully saturated rings. The third kappa shape index (κ3) is 7.24. The molecular formula is C25H30ClN3O3. The Morgan fingerprint density at radius 1 is 1.25 bits per heavy atom. The number of pyridine rings is 1. The van der Waals surface area contributed by atoms with Crippen molar-refractivity contribution in [3.05, 3.63) is 72.4 Å². The number of anilines is 1. The minimum absolute atomic E-state index is 0.211. The number of nitrogens with zero attached hydrogens (tertiary/aromatic N) is 1. The Morgan fingerprint density at radius 2 is 1.97 bits per heavy atom. The minimum Gasteiger partial charge on any atom is -0.444 e. The van der Waals surface area contributed by atoms with E-state index in [-0.39, 0.29) is 17.9 Å². The molecule has 0 aliphatic rings. The van der Waals surface area contributed by atoms with Gasteiger partial charge in [0.05, 0.1) is 28.4 Å². The van der Waals surface area contributed by atoms with Gasteiger partial charge >= 0.3 is 6.09 Å². The molecule has 6 nitrogen and oxygen atoms in total. The molecule has 2 atom stereocenters. The van der Waals surface area contributed by atoms with Crippen LogP contribution in [0.4, 0.5) is 10.5 Å². The average molecular weight is 456 g/mol. The van der Waals surface area contributed by atoms with Gasteiger partial charge in [-0.1, -0.05) is 48.9 Å². The first-order chi connectivity index (χ1) is 15.0. The number of alkyl carbamates (subject to hydrolysis) is 1. The summed E-state index contributed by atoms with van der Waals surface area (Å²) in [5.74, 6) is -0.583. The Hall–Kier alpha value is -3.12. The van der Waals surface area contributed by atoms with Crippen LogP contribution in [0.1, 0.15) is 45.7 Å². The monoisotopic (exact) mass is 455 g/mol. The van der Waals surface area contributed by atoms with E-state index in [2.05, 4.69) is 28.8 Å². The van der Waals surface area contributed by atoms with Crippen LogP contribution >= 0.6 is 11.6 Å². The van der Waals surface area contributed by atoms with Gasteiger partial charge in [0.25, 0.3) is 0 Å². The molecule has 1 heterocycles. The molecule has 1 aromatic heterocycles. The van der Waals surface area contributed by atoms with E-state index in [1.165, 1.54) is 6.20 Å². The summed E-state index contributed by atoms with van der Waals surface area (Å²) in [6.07, 6.45) is 4.83. The van der Waals surface area contributed by atoms with Crippen LogP contribution in [0, 0.1) is 5.92 Å². The van der Waals surface area contributed by atoms with Crippen molar-refractivity contribution in [3.8, 4) is 11.3 Å². The summed E-state index contributed by atoms with van der Waals surface area (Å²) in [7, 11) is 0.